The van der Waals surface area contributed by atoms with E-state index in [1.807, 2.05) is 30.4 Å². The molecule has 0 saturated carbocycles. The molecule has 1 aliphatic carbocycles. The molecule has 3 rings (SSSR count). The number of benzene rings is 1. The number of rotatable bonds is 2. The molecule has 0 radical (unpaired) electrons. The number of anilines is 1. The maximum atomic E-state index is 13.1. The van der Waals surface area contributed by atoms with E-state index in [1.165, 1.54) is 0 Å². The molecule has 1 N–H and O–H groups in total. The van der Waals surface area contributed by atoms with E-state index in [4.69, 9.17) is 0 Å². The van der Waals surface area contributed by atoms with E-state index < -0.39 is 17.8 Å². The lowest BCUT2D eigenvalue weighted by molar-refractivity contribution is -0.146. The van der Waals surface area contributed by atoms with Crippen LogP contribution in [0.3, 0.4) is 0 Å². The van der Waals surface area contributed by atoms with Crippen molar-refractivity contribution < 1.29 is 14.7 Å². The molecule has 1 aromatic rings. The molecule has 2 atom stereocenters. The zero-order valence-electron chi connectivity index (χ0n) is 13.7. The Bertz CT molecular complexity index is 662. The summed E-state index contributed by atoms with van der Waals surface area (Å²) in [7, 11) is 0. The zero-order chi connectivity index (χ0) is 16.6. The van der Waals surface area contributed by atoms with Crippen LogP contribution in [0.4, 0.5) is 5.69 Å². The van der Waals surface area contributed by atoms with Crippen molar-refractivity contribution in [1.29, 1.82) is 0 Å². The molecule has 1 aliphatic heterocycles. The fourth-order valence-electron chi connectivity index (χ4n) is 3.72. The Labute approximate surface area is 136 Å². The van der Waals surface area contributed by atoms with Crippen LogP contribution >= 0.6 is 0 Å². The Kier molecular flexibility index (Phi) is 4.00. The molecule has 0 bridgehead atoms. The molecule has 2 aliphatic rings. The first-order valence-corrected chi connectivity index (χ1v) is 8.20. The molecule has 0 fully saturated rings. The topological polar surface area (TPSA) is 57.6 Å². The predicted octanol–water partition coefficient (Wildman–Crippen LogP) is 3.37. The van der Waals surface area contributed by atoms with E-state index in [1.54, 1.807) is 4.90 Å². The molecule has 0 unspecified atom stereocenters. The van der Waals surface area contributed by atoms with Crippen LogP contribution in [0.2, 0.25) is 0 Å². The van der Waals surface area contributed by atoms with Crippen molar-refractivity contribution in [3.05, 3.63) is 42.0 Å². The Morgan fingerprint density at radius 1 is 1.13 bits per heavy atom. The zero-order valence-corrected chi connectivity index (χ0v) is 13.7. The normalized spacial score (nSPS) is 25.7. The number of carbonyl (C=O) groups excluding carboxylic acids is 1. The number of aliphatic carboxylic acids is 1. The Morgan fingerprint density at radius 2 is 1.78 bits per heavy atom. The van der Waals surface area contributed by atoms with Crippen molar-refractivity contribution >= 4 is 17.6 Å². The summed E-state index contributed by atoms with van der Waals surface area (Å²) < 4.78 is 0. The lowest BCUT2D eigenvalue weighted by Gasteiger charge is -2.41. The van der Waals surface area contributed by atoms with Crippen LogP contribution in [0.1, 0.15) is 38.7 Å². The highest BCUT2D eigenvalue weighted by molar-refractivity contribution is 5.98. The molecule has 0 spiro atoms. The van der Waals surface area contributed by atoms with Crippen LogP contribution in [-0.4, -0.2) is 23.5 Å². The van der Waals surface area contributed by atoms with Crippen LogP contribution in [0.5, 0.6) is 0 Å². The summed E-state index contributed by atoms with van der Waals surface area (Å²) >= 11 is 0. The minimum atomic E-state index is -0.877. The Morgan fingerprint density at radius 3 is 2.48 bits per heavy atom. The van der Waals surface area contributed by atoms with Gasteiger partial charge in [-0.15, -0.1) is 0 Å². The average Bonchev–Trinajstić information content (AvgIpc) is 2.54. The van der Waals surface area contributed by atoms with Gasteiger partial charge in [-0.1, -0.05) is 44.2 Å². The van der Waals surface area contributed by atoms with Gasteiger partial charge >= 0.3 is 5.97 Å². The summed E-state index contributed by atoms with van der Waals surface area (Å²) in [4.78, 5) is 26.4. The van der Waals surface area contributed by atoms with Crippen molar-refractivity contribution in [1.82, 2.24) is 0 Å². The maximum Gasteiger partial charge on any atom is 0.307 e. The molecule has 0 saturated heterocycles. The third kappa shape index (κ3) is 2.78. The van der Waals surface area contributed by atoms with Gasteiger partial charge in [0, 0.05) is 12.2 Å². The van der Waals surface area contributed by atoms with Crippen LogP contribution in [0, 0.1) is 11.8 Å². The lowest BCUT2D eigenvalue weighted by Crippen LogP contribution is -2.46. The Hall–Kier alpha value is -2.10. The van der Waals surface area contributed by atoms with E-state index in [0.29, 0.717) is 19.4 Å². The van der Waals surface area contributed by atoms with Crippen molar-refractivity contribution in [2.24, 2.45) is 11.8 Å². The van der Waals surface area contributed by atoms with E-state index >= 15 is 0 Å². The first-order valence-electron chi connectivity index (χ1n) is 8.20. The monoisotopic (exact) mass is 313 g/mol. The fraction of sp³-hybridized carbons (Fsp3) is 0.474. The molecule has 4 nitrogen and oxygen atoms in total. The minimum Gasteiger partial charge on any atom is -0.481 e. The number of hydrogen-bond donors (Lipinski definition) is 1. The third-order valence-electron chi connectivity index (χ3n) is 5.22. The van der Waals surface area contributed by atoms with E-state index in [0.717, 1.165) is 17.7 Å². The minimum absolute atomic E-state index is 0.0338. The second-order valence-corrected chi connectivity index (χ2v) is 7.13. The number of fused-ring (bicyclic) bond motifs is 1. The number of carboxylic acid groups (broad SMARTS) is 1. The molecule has 23 heavy (non-hydrogen) atoms. The van der Waals surface area contributed by atoms with Gasteiger partial charge in [-0.05, 0) is 36.3 Å². The van der Waals surface area contributed by atoms with Crippen molar-refractivity contribution in [3.8, 4) is 0 Å². The molecule has 1 amide bonds. The highest BCUT2D eigenvalue weighted by atomic mass is 16.4. The van der Waals surface area contributed by atoms with E-state index in [2.05, 4.69) is 19.9 Å². The van der Waals surface area contributed by atoms with Crippen LogP contribution in [-0.2, 0) is 15.0 Å². The second kappa shape index (κ2) is 5.84. The van der Waals surface area contributed by atoms with E-state index in [9.17, 15) is 14.7 Å². The number of para-hydroxylation sites is 1. The summed E-state index contributed by atoms with van der Waals surface area (Å²) in [6.07, 6.45) is 5.64. The summed E-state index contributed by atoms with van der Waals surface area (Å²) in [6, 6.07) is 7.99. The first kappa shape index (κ1) is 15.8. The standard InChI is InChI=1S/C19H23NO3/c1-19(2)11-12-20(16-10-6-5-9-15(16)19)17(21)13-7-3-4-8-14(13)18(22)23/h3-6,9-10,13-14H,7-8,11-12H2,1-2H3,(H,22,23)/t13-,14-/m1/s1. The van der Waals surface area contributed by atoms with Gasteiger partial charge in [0.25, 0.3) is 0 Å². The molecule has 4 heteroatoms. The number of allylic oxidation sites excluding steroid dienone is 2. The van der Waals surface area contributed by atoms with Crippen LogP contribution in [0.15, 0.2) is 36.4 Å². The summed E-state index contributed by atoms with van der Waals surface area (Å²) in [6.45, 7) is 5.03. The smallest absolute Gasteiger partial charge is 0.307 e. The highest BCUT2D eigenvalue weighted by Gasteiger charge is 2.40. The molecular weight excluding hydrogens is 290 g/mol. The number of carbonyl (C=O) groups is 2. The summed E-state index contributed by atoms with van der Waals surface area (Å²) in [5, 5.41) is 9.43. The lowest BCUT2D eigenvalue weighted by atomic mass is 9.76. The van der Waals surface area contributed by atoms with Gasteiger partial charge < -0.3 is 10.0 Å². The number of nitrogens with zero attached hydrogens (tertiary/aromatic N) is 1. The highest BCUT2D eigenvalue weighted by Crippen LogP contribution is 2.41. The quantitative estimate of drug-likeness (QED) is 0.852. The number of carboxylic acids is 1. The predicted molar refractivity (Wildman–Crippen MR) is 89.4 cm³/mol. The maximum absolute atomic E-state index is 13.1. The van der Waals surface area contributed by atoms with Gasteiger partial charge in [0.1, 0.15) is 0 Å². The summed E-state index contributed by atoms with van der Waals surface area (Å²) in [5.74, 6) is -2.01. The van der Waals surface area contributed by atoms with Gasteiger partial charge in [-0.2, -0.15) is 0 Å². The third-order valence-corrected chi connectivity index (χ3v) is 5.22. The van der Waals surface area contributed by atoms with Crippen LogP contribution < -0.4 is 4.90 Å². The Balaban J connectivity index is 1.94. The molecule has 122 valence electrons. The van der Waals surface area contributed by atoms with Gasteiger partial charge in [0.2, 0.25) is 5.91 Å². The first-order chi connectivity index (χ1) is 10.9. The molecular formula is C19H23NO3. The second-order valence-electron chi connectivity index (χ2n) is 7.13. The van der Waals surface area contributed by atoms with Crippen LogP contribution in [0.25, 0.3) is 0 Å². The molecule has 0 aromatic heterocycles. The fourth-order valence-corrected chi connectivity index (χ4v) is 3.72. The van der Waals surface area contributed by atoms with Crippen molar-refractivity contribution in [2.75, 3.05) is 11.4 Å². The number of hydrogen-bond acceptors (Lipinski definition) is 2. The molecule has 1 aromatic carbocycles. The van der Waals surface area contributed by atoms with E-state index in [-0.39, 0.29) is 11.3 Å². The van der Waals surface area contributed by atoms with Gasteiger partial charge in [-0.25, -0.2) is 0 Å². The van der Waals surface area contributed by atoms with Gasteiger partial charge in [0.05, 0.1) is 11.8 Å². The van der Waals surface area contributed by atoms with Gasteiger partial charge in [-0.3, -0.25) is 9.59 Å². The summed E-state index contributed by atoms with van der Waals surface area (Å²) in [5.41, 5.74) is 2.14. The average molecular weight is 313 g/mol. The largest absolute Gasteiger partial charge is 0.481 e. The molecule has 1 heterocycles. The van der Waals surface area contributed by atoms with Gasteiger partial charge in [0.15, 0.2) is 0 Å². The SMILES string of the molecule is CC1(C)CCN(C(=O)[C@@H]2CC=CC[C@H]2C(=O)O)c2ccccc21. The number of amides is 1. The van der Waals surface area contributed by atoms with Crippen molar-refractivity contribution in [2.45, 2.75) is 38.5 Å². The van der Waals surface area contributed by atoms with Crippen molar-refractivity contribution in [3.63, 3.8) is 0 Å².